The summed E-state index contributed by atoms with van der Waals surface area (Å²) in [6.07, 6.45) is -3.13. The van der Waals surface area contributed by atoms with Crippen LogP contribution in [-0.4, -0.2) is 40.5 Å². The Kier molecular flexibility index (Phi) is 4.62. The summed E-state index contributed by atoms with van der Waals surface area (Å²) >= 11 is 0. The second kappa shape index (κ2) is 7.39. The second-order valence-electron chi connectivity index (χ2n) is 7.23. The molecule has 5 rings (SSSR count). The van der Waals surface area contributed by atoms with Crippen molar-refractivity contribution in [1.29, 1.82) is 0 Å². The number of hydrogen-bond donors (Lipinski definition) is 2. The summed E-state index contributed by atoms with van der Waals surface area (Å²) in [6.45, 7) is -1.51. The van der Waals surface area contributed by atoms with Gasteiger partial charge in [-0.15, -0.1) is 0 Å². The first-order valence-electron chi connectivity index (χ1n) is 9.59. The van der Waals surface area contributed by atoms with E-state index in [1.807, 2.05) is 0 Å². The van der Waals surface area contributed by atoms with Crippen molar-refractivity contribution < 1.29 is 17.6 Å². The van der Waals surface area contributed by atoms with Crippen molar-refractivity contribution in [1.82, 2.24) is 34.3 Å². The van der Waals surface area contributed by atoms with E-state index in [2.05, 4.69) is 25.0 Å². The Hall–Kier alpha value is -4.29. The van der Waals surface area contributed by atoms with Crippen molar-refractivity contribution in [2.45, 2.75) is 19.3 Å². The Morgan fingerprint density at radius 1 is 1.06 bits per heavy atom. The fourth-order valence-electron chi connectivity index (χ4n) is 3.56. The highest BCUT2D eigenvalue weighted by atomic mass is 19.4. The molecule has 0 saturated carbocycles. The molecule has 0 spiro atoms. The quantitative estimate of drug-likeness (QED) is 0.400. The molecule has 0 aliphatic rings. The number of nitrogens with two attached hydrogens (primary N) is 1. The molecule has 168 valence electrons. The molecule has 4 heterocycles. The third-order valence-corrected chi connectivity index (χ3v) is 4.98. The highest BCUT2D eigenvalue weighted by molar-refractivity contribution is 5.91. The summed E-state index contributed by atoms with van der Waals surface area (Å²) in [5, 5.41) is 4.92. The largest absolute Gasteiger partial charge is 0.406 e. The first-order valence-corrected chi connectivity index (χ1v) is 9.59. The Balaban J connectivity index is 1.69. The number of imidazole rings is 1. The lowest BCUT2D eigenvalue weighted by Crippen LogP contribution is -2.26. The maximum atomic E-state index is 14.2. The molecule has 4 aromatic heterocycles. The van der Waals surface area contributed by atoms with E-state index in [-0.39, 0.29) is 35.0 Å². The van der Waals surface area contributed by atoms with Crippen LogP contribution in [0.5, 0.6) is 0 Å². The van der Waals surface area contributed by atoms with Crippen molar-refractivity contribution in [2.75, 3.05) is 5.73 Å². The van der Waals surface area contributed by atoms with Crippen LogP contribution in [0.1, 0.15) is 5.56 Å². The number of halogens is 4. The number of hydrogen-bond acceptors (Lipinski definition) is 6. The van der Waals surface area contributed by atoms with Gasteiger partial charge < -0.3 is 10.7 Å². The van der Waals surface area contributed by atoms with Crippen LogP contribution in [0, 0.1) is 5.82 Å². The first-order chi connectivity index (χ1) is 15.7. The maximum absolute atomic E-state index is 14.2. The molecule has 5 aromatic rings. The van der Waals surface area contributed by atoms with Gasteiger partial charge in [0.15, 0.2) is 22.9 Å². The number of alkyl halides is 3. The molecule has 13 heteroatoms. The van der Waals surface area contributed by atoms with Crippen LogP contribution in [-0.2, 0) is 13.1 Å². The van der Waals surface area contributed by atoms with Crippen molar-refractivity contribution >= 4 is 28.0 Å². The Bertz CT molecular complexity index is 1570. The fourth-order valence-corrected chi connectivity index (χ4v) is 3.56. The molecule has 0 aliphatic heterocycles. The lowest BCUT2D eigenvalue weighted by molar-refractivity contribution is -0.140. The maximum Gasteiger partial charge on any atom is 0.406 e. The number of fused-ring (bicyclic) bond motifs is 2. The molecule has 1 aromatic carbocycles. The van der Waals surface area contributed by atoms with Gasteiger partial charge >= 0.3 is 11.9 Å². The summed E-state index contributed by atoms with van der Waals surface area (Å²) < 4.78 is 55.1. The minimum Gasteiger partial charge on any atom is -0.382 e. The lowest BCUT2D eigenvalue weighted by Gasteiger charge is -2.07. The molecule has 33 heavy (non-hydrogen) atoms. The SMILES string of the molecule is Nc1nc(-c2nn(Cc3ccccc3F)c3ncccc23)nc2c1[nH]c(=O)n2CC(F)(F)F. The highest BCUT2D eigenvalue weighted by Gasteiger charge is 2.31. The Labute approximate surface area is 181 Å². The molecule has 0 aliphatic carbocycles. The van der Waals surface area contributed by atoms with Crippen molar-refractivity contribution in [3.63, 3.8) is 0 Å². The Morgan fingerprint density at radius 3 is 2.61 bits per heavy atom. The number of H-pyrrole nitrogens is 1. The molecule has 9 nitrogen and oxygen atoms in total. The van der Waals surface area contributed by atoms with Crippen LogP contribution in [0.3, 0.4) is 0 Å². The van der Waals surface area contributed by atoms with Gasteiger partial charge in [0, 0.05) is 11.8 Å². The molecule has 0 unspecified atom stereocenters. The summed E-state index contributed by atoms with van der Waals surface area (Å²) in [5.74, 6) is -0.738. The normalized spacial score (nSPS) is 12.1. The molecule has 0 radical (unpaired) electrons. The molecular formula is C20H14F4N8O. The van der Waals surface area contributed by atoms with E-state index in [0.717, 1.165) is 0 Å². The van der Waals surface area contributed by atoms with Gasteiger partial charge in [0.1, 0.15) is 23.6 Å². The zero-order valence-corrected chi connectivity index (χ0v) is 16.6. The van der Waals surface area contributed by atoms with Gasteiger partial charge in [-0.05, 0) is 18.2 Å². The molecule has 0 saturated heterocycles. The van der Waals surface area contributed by atoms with Crippen molar-refractivity contribution in [3.05, 3.63) is 64.5 Å². The van der Waals surface area contributed by atoms with Gasteiger partial charge in [-0.3, -0.25) is 4.57 Å². The van der Waals surface area contributed by atoms with E-state index < -0.39 is 24.2 Å². The average Bonchev–Trinajstić information content (AvgIpc) is 3.27. The van der Waals surface area contributed by atoms with E-state index >= 15 is 0 Å². The highest BCUT2D eigenvalue weighted by Crippen LogP contribution is 2.28. The Morgan fingerprint density at radius 2 is 1.85 bits per heavy atom. The minimum absolute atomic E-state index is 0.0425. The molecule has 0 fully saturated rings. The molecule has 3 N–H and O–H groups in total. The smallest absolute Gasteiger partial charge is 0.382 e. The average molecular weight is 458 g/mol. The van der Waals surface area contributed by atoms with Crippen LogP contribution in [0.15, 0.2) is 47.4 Å². The number of nitrogens with zero attached hydrogens (tertiary/aromatic N) is 6. The summed E-state index contributed by atoms with van der Waals surface area (Å²) in [4.78, 5) is 26.9. The van der Waals surface area contributed by atoms with Gasteiger partial charge in [-0.1, -0.05) is 18.2 Å². The van der Waals surface area contributed by atoms with E-state index in [1.54, 1.807) is 30.3 Å². The molecule has 0 amide bonds. The third kappa shape index (κ3) is 3.66. The van der Waals surface area contributed by atoms with Crippen LogP contribution in [0.2, 0.25) is 0 Å². The first kappa shape index (κ1) is 20.6. The number of benzene rings is 1. The number of pyridine rings is 1. The summed E-state index contributed by atoms with van der Waals surface area (Å²) in [5.41, 5.74) is 5.41. The van der Waals surface area contributed by atoms with Crippen molar-refractivity contribution in [3.8, 4) is 11.5 Å². The predicted octanol–water partition coefficient (Wildman–Crippen LogP) is 2.86. The third-order valence-electron chi connectivity index (χ3n) is 4.98. The van der Waals surface area contributed by atoms with Gasteiger partial charge in [0.25, 0.3) is 0 Å². The zero-order chi connectivity index (χ0) is 23.3. The van der Waals surface area contributed by atoms with Gasteiger partial charge in [0.05, 0.1) is 11.9 Å². The molecular weight excluding hydrogens is 444 g/mol. The van der Waals surface area contributed by atoms with Gasteiger partial charge in [-0.2, -0.15) is 18.3 Å². The van der Waals surface area contributed by atoms with Crippen LogP contribution in [0.25, 0.3) is 33.7 Å². The van der Waals surface area contributed by atoms with Crippen LogP contribution in [0.4, 0.5) is 23.4 Å². The van der Waals surface area contributed by atoms with Crippen LogP contribution >= 0.6 is 0 Å². The number of rotatable bonds is 4. The van der Waals surface area contributed by atoms with E-state index in [1.165, 1.54) is 16.9 Å². The lowest BCUT2D eigenvalue weighted by atomic mass is 10.2. The van der Waals surface area contributed by atoms with Crippen LogP contribution < -0.4 is 11.4 Å². The van der Waals surface area contributed by atoms with E-state index in [4.69, 9.17) is 5.73 Å². The summed E-state index contributed by atoms with van der Waals surface area (Å²) in [7, 11) is 0. The molecule has 0 bridgehead atoms. The number of aromatic amines is 1. The van der Waals surface area contributed by atoms with Gasteiger partial charge in [-0.25, -0.2) is 28.8 Å². The minimum atomic E-state index is -4.66. The fraction of sp³-hybridized carbons (Fsp3) is 0.150. The van der Waals surface area contributed by atoms with E-state index in [9.17, 15) is 22.4 Å². The van der Waals surface area contributed by atoms with E-state index in [0.29, 0.717) is 21.2 Å². The number of nitrogens with one attached hydrogen (secondary N) is 1. The predicted molar refractivity (Wildman–Crippen MR) is 111 cm³/mol. The molecule has 0 atom stereocenters. The monoisotopic (exact) mass is 458 g/mol. The summed E-state index contributed by atoms with van der Waals surface area (Å²) in [6, 6.07) is 9.47. The number of anilines is 1. The number of nitrogen functional groups attached to an aromatic ring is 1. The zero-order valence-electron chi connectivity index (χ0n) is 16.6. The van der Waals surface area contributed by atoms with Crippen molar-refractivity contribution in [2.24, 2.45) is 0 Å². The standard InChI is InChI=1S/C20H14F4N8O/c21-12-6-2-1-4-10(12)8-32-17-11(5-3-7-26-17)13(30-32)16-28-15(25)14-18(29-16)31(19(33)27-14)9-20(22,23)24/h1-7H,8-9H2,(H,27,33)(H2,25,28,29). The van der Waals surface area contributed by atoms with Gasteiger partial charge in [0.2, 0.25) is 0 Å². The number of aromatic nitrogens is 7. The second-order valence-corrected chi connectivity index (χ2v) is 7.23. The topological polar surface area (TPSA) is 120 Å².